The second-order valence-corrected chi connectivity index (χ2v) is 5.88. The molecule has 3 aromatic rings. The zero-order valence-electron chi connectivity index (χ0n) is 13.6. The van der Waals surface area contributed by atoms with Crippen molar-refractivity contribution in [2.75, 3.05) is 7.11 Å². The van der Waals surface area contributed by atoms with Crippen molar-refractivity contribution >= 4 is 6.08 Å². The molecule has 0 saturated carbocycles. The minimum Gasteiger partial charge on any atom is -0.497 e. The molecule has 0 radical (unpaired) electrons. The molecule has 0 unspecified atom stereocenters. The topological polar surface area (TPSA) is 41.1 Å². The predicted octanol–water partition coefficient (Wildman–Crippen LogP) is 4.07. The quantitative estimate of drug-likeness (QED) is 0.788. The highest BCUT2D eigenvalue weighted by molar-refractivity contribution is 5.60. The van der Waals surface area contributed by atoms with E-state index in [1.54, 1.807) is 7.11 Å². The Bertz CT molecular complexity index is 850. The highest BCUT2D eigenvalue weighted by Crippen LogP contribution is 2.24. The molecule has 4 rings (SSSR count). The van der Waals surface area contributed by atoms with Gasteiger partial charge in [-0.15, -0.1) is 0 Å². The predicted molar refractivity (Wildman–Crippen MR) is 95.3 cm³/mol. The maximum atomic E-state index is 5.21. The van der Waals surface area contributed by atoms with Crippen molar-refractivity contribution in [1.29, 1.82) is 0 Å². The number of H-pyrrole nitrogens is 1. The summed E-state index contributed by atoms with van der Waals surface area (Å²) < 4.78 is 5.21. The molecule has 0 aliphatic carbocycles. The third kappa shape index (κ3) is 2.91. The Hall–Kier alpha value is -3.01. The van der Waals surface area contributed by atoms with Gasteiger partial charge in [-0.25, -0.2) is 4.98 Å². The summed E-state index contributed by atoms with van der Waals surface area (Å²) in [6, 6.07) is 18.4. The number of nitrogens with one attached hydrogen (secondary N) is 1. The first-order valence-electron chi connectivity index (χ1n) is 8.01. The third-order valence-corrected chi connectivity index (χ3v) is 4.21. The lowest BCUT2D eigenvalue weighted by molar-refractivity contribution is 0.355. The maximum Gasteiger partial charge on any atom is 0.138 e. The summed E-state index contributed by atoms with van der Waals surface area (Å²) in [5, 5.41) is 0. The summed E-state index contributed by atoms with van der Waals surface area (Å²) in [7, 11) is 1.69. The van der Waals surface area contributed by atoms with Gasteiger partial charge in [-0.05, 0) is 23.8 Å². The van der Waals surface area contributed by atoms with Crippen LogP contribution in [0.1, 0.15) is 17.0 Å². The van der Waals surface area contributed by atoms with Gasteiger partial charge in [-0.2, -0.15) is 0 Å². The first-order chi connectivity index (χ1) is 11.8. The number of fused-ring (bicyclic) bond motifs is 1. The van der Waals surface area contributed by atoms with Crippen molar-refractivity contribution in [3.05, 3.63) is 77.7 Å². The zero-order valence-corrected chi connectivity index (χ0v) is 13.6. The van der Waals surface area contributed by atoms with Crippen molar-refractivity contribution in [2.45, 2.75) is 13.1 Å². The van der Waals surface area contributed by atoms with E-state index in [4.69, 9.17) is 9.72 Å². The molecule has 0 atom stereocenters. The molecule has 0 bridgehead atoms. The minimum absolute atomic E-state index is 0.831. The van der Waals surface area contributed by atoms with Crippen LogP contribution in [0.5, 0.6) is 5.75 Å². The Kier molecular flexibility index (Phi) is 3.79. The summed E-state index contributed by atoms with van der Waals surface area (Å²) in [4.78, 5) is 10.4. The van der Waals surface area contributed by atoms with E-state index in [1.165, 1.54) is 5.56 Å². The van der Waals surface area contributed by atoms with Gasteiger partial charge in [0, 0.05) is 18.3 Å². The highest BCUT2D eigenvalue weighted by Gasteiger charge is 2.16. The summed E-state index contributed by atoms with van der Waals surface area (Å²) in [5.41, 5.74) is 4.55. The summed E-state index contributed by atoms with van der Waals surface area (Å²) in [6.45, 7) is 1.69. The van der Waals surface area contributed by atoms with Crippen LogP contribution >= 0.6 is 0 Å². The average molecular weight is 317 g/mol. The van der Waals surface area contributed by atoms with Crippen LogP contribution in [0.15, 0.2) is 60.8 Å². The van der Waals surface area contributed by atoms with E-state index in [1.807, 2.05) is 30.3 Å². The summed E-state index contributed by atoms with van der Waals surface area (Å²) in [6.07, 6.45) is 4.19. The number of hydrogen-bond acceptors (Lipinski definition) is 3. The second-order valence-electron chi connectivity index (χ2n) is 5.88. The number of rotatable bonds is 4. The molecule has 0 saturated heterocycles. The van der Waals surface area contributed by atoms with E-state index in [0.29, 0.717) is 0 Å². The Morgan fingerprint density at radius 2 is 1.88 bits per heavy atom. The fraction of sp³-hybridized carbons (Fsp3) is 0.150. The van der Waals surface area contributed by atoms with Crippen LogP contribution in [0.3, 0.4) is 0 Å². The lowest BCUT2D eigenvalue weighted by atomic mass is 10.1. The molecular formula is C20H19N3O. The van der Waals surface area contributed by atoms with Crippen LogP contribution in [0, 0.1) is 0 Å². The molecule has 0 fully saturated rings. The van der Waals surface area contributed by atoms with Crippen LogP contribution in [-0.4, -0.2) is 22.0 Å². The van der Waals surface area contributed by atoms with Crippen LogP contribution in [0.4, 0.5) is 0 Å². The number of aromatic nitrogens is 2. The monoisotopic (exact) mass is 317 g/mol. The number of nitrogens with zero attached hydrogens (tertiary/aromatic N) is 2. The Balaban J connectivity index is 1.50. The molecule has 4 heteroatoms. The summed E-state index contributed by atoms with van der Waals surface area (Å²) in [5.74, 6) is 1.81. The number of ether oxygens (including phenoxy) is 1. The van der Waals surface area contributed by atoms with E-state index in [9.17, 15) is 0 Å². The molecule has 0 amide bonds. The highest BCUT2D eigenvalue weighted by atomic mass is 16.5. The largest absolute Gasteiger partial charge is 0.497 e. The van der Waals surface area contributed by atoms with Gasteiger partial charge in [0.1, 0.15) is 11.6 Å². The van der Waals surface area contributed by atoms with Gasteiger partial charge in [-0.1, -0.05) is 42.5 Å². The molecule has 1 N–H and O–H groups in total. The van der Waals surface area contributed by atoms with Crippen LogP contribution in [0.25, 0.3) is 17.5 Å². The molecule has 1 aromatic heterocycles. The fourth-order valence-corrected chi connectivity index (χ4v) is 2.92. The Labute approximate surface area is 141 Å². The fourth-order valence-electron chi connectivity index (χ4n) is 2.92. The van der Waals surface area contributed by atoms with Crippen LogP contribution in [0.2, 0.25) is 0 Å². The normalized spacial score (nSPS) is 13.0. The van der Waals surface area contributed by atoms with E-state index in [0.717, 1.165) is 41.6 Å². The molecule has 1 aliphatic heterocycles. The van der Waals surface area contributed by atoms with Crippen LogP contribution < -0.4 is 4.74 Å². The lowest BCUT2D eigenvalue weighted by Crippen LogP contribution is -2.19. The number of methoxy groups -OCH3 is 1. The van der Waals surface area contributed by atoms with E-state index < -0.39 is 0 Å². The van der Waals surface area contributed by atoms with Gasteiger partial charge in [0.05, 0.1) is 25.0 Å². The van der Waals surface area contributed by atoms with Gasteiger partial charge in [0.2, 0.25) is 0 Å². The van der Waals surface area contributed by atoms with E-state index in [2.05, 4.69) is 46.4 Å². The van der Waals surface area contributed by atoms with E-state index in [-0.39, 0.29) is 0 Å². The molecule has 2 heterocycles. The van der Waals surface area contributed by atoms with Gasteiger partial charge in [0.15, 0.2) is 0 Å². The third-order valence-electron chi connectivity index (χ3n) is 4.21. The van der Waals surface area contributed by atoms with Crippen molar-refractivity contribution in [3.8, 4) is 17.1 Å². The maximum absolute atomic E-state index is 5.21. The first-order valence-corrected chi connectivity index (χ1v) is 8.01. The van der Waals surface area contributed by atoms with Gasteiger partial charge >= 0.3 is 0 Å². The van der Waals surface area contributed by atoms with Crippen LogP contribution in [-0.2, 0) is 13.1 Å². The molecular weight excluding hydrogens is 298 g/mol. The standard InChI is InChI=1S/C20H19N3O/c1-24-17-9-7-15(8-10-17)13-23-12-11-18-19(14-23)22-20(21-18)16-5-3-2-4-6-16/h2-12H,13-14H2,1H3,(H,21,22). The smallest absolute Gasteiger partial charge is 0.138 e. The zero-order chi connectivity index (χ0) is 16.4. The van der Waals surface area contributed by atoms with Crippen molar-refractivity contribution in [2.24, 2.45) is 0 Å². The minimum atomic E-state index is 0.831. The molecule has 24 heavy (non-hydrogen) atoms. The van der Waals surface area contributed by atoms with Gasteiger partial charge in [0.25, 0.3) is 0 Å². The van der Waals surface area contributed by atoms with Gasteiger partial charge < -0.3 is 14.6 Å². The molecule has 120 valence electrons. The van der Waals surface area contributed by atoms with Crippen molar-refractivity contribution in [3.63, 3.8) is 0 Å². The number of aromatic amines is 1. The number of hydrogen-bond donors (Lipinski definition) is 1. The lowest BCUT2D eigenvalue weighted by Gasteiger charge is -2.23. The Morgan fingerprint density at radius 3 is 2.62 bits per heavy atom. The second kappa shape index (κ2) is 6.24. The number of benzene rings is 2. The van der Waals surface area contributed by atoms with Crippen molar-refractivity contribution in [1.82, 2.24) is 14.9 Å². The molecule has 1 aliphatic rings. The SMILES string of the molecule is COc1ccc(CN2C=Cc3nc(-c4ccccc4)[nH]c3C2)cc1. The molecule has 2 aromatic carbocycles. The molecule has 0 spiro atoms. The Morgan fingerprint density at radius 1 is 1.08 bits per heavy atom. The van der Waals surface area contributed by atoms with Gasteiger partial charge in [-0.3, -0.25) is 0 Å². The summed E-state index contributed by atoms with van der Waals surface area (Å²) >= 11 is 0. The average Bonchev–Trinajstić information content (AvgIpc) is 3.06. The van der Waals surface area contributed by atoms with Crippen molar-refractivity contribution < 1.29 is 4.74 Å². The molecule has 4 nitrogen and oxygen atoms in total. The first kappa shape index (κ1) is 14.6. The number of imidazole rings is 1. The van der Waals surface area contributed by atoms with E-state index >= 15 is 0 Å².